The maximum atomic E-state index is 11.3. The van der Waals surface area contributed by atoms with Crippen molar-refractivity contribution in [2.75, 3.05) is 0 Å². The van der Waals surface area contributed by atoms with Crippen molar-refractivity contribution in [3.8, 4) is 0 Å². The molecule has 1 aliphatic heterocycles. The molecule has 27 heavy (non-hydrogen) atoms. The molecule has 0 spiro atoms. The van der Waals surface area contributed by atoms with E-state index < -0.39 is 18.0 Å². The fraction of sp³-hybridized carbons (Fsp3) is 1.00. The van der Waals surface area contributed by atoms with Gasteiger partial charge in [0.15, 0.2) is 5.79 Å². The van der Waals surface area contributed by atoms with E-state index in [-0.39, 0.29) is 41.0 Å². The van der Waals surface area contributed by atoms with Gasteiger partial charge in [-0.15, -0.1) is 0 Å². The van der Waals surface area contributed by atoms with E-state index in [1.807, 2.05) is 13.8 Å². The van der Waals surface area contributed by atoms with Gasteiger partial charge in [-0.3, -0.25) is 0 Å². The predicted molar refractivity (Wildman–Crippen MR) is 99.7 cm³/mol. The largest absolute Gasteiger partial charge is 0.393 e. The maximum absolute atomic E-state index is 11.3. The molecule has 0 amide bonds. The highest BCUT2D eigenvalue weighted by atomic mass is 16.8. The summed E-state index contributed by atoms with van der Waals surface area (Å²) in [6.45, 7) is 8.42. The van der Waals surface area contributed by atoms with Crippen LogP contribution in [0.15, 0.2) is 0 Å². The van der Waals surface area contributed by atoms with Crippen molar-refractivity contribution in [1.29, 1.82) is 0 Å². The summed E-state index contributed by atoms with van der Waals surface area (Å²) >= 11 is 0. The van der Waals surface area contributed by atoms with Gasteiger partial charge >= 0.3 is 0 Å². The van der Waals surface area contributed by atoms with E-state index >= 15 is 0 Å². The van der Waals surface area contributed by atoms with E-state index in [9.17, 15) is 15.3 Å². The summed E-state index contributed by atoms with van der Waals surface area (Å²) in [6, 6.07) is 0. The summed E-state index contributed by atoms with van der Waals surface area (Å²) in [4.78, 5) is 0. The molecule has 5 fully saturated rings. The van der Waals surface area contributed by atoms with Gasteiger partial charge in [-0.25, -0.2) is 0 Å². The molecule has 5 nitrogen and oxygen atoms in total. The number of ether oxygens (including phenoxy) is 2. The molecule has 3 N–H and O–H groups in total. The third-order valence-electron chi connectivity index (χ3n) is 9.55. The van der Waals surface area contributed by atoms with E-state index in [0.29, 0.717) is 11.8 Å². The average Bonchev–Trinajstić information content (AvgIpc) is 3.07. The molecule has 0 aromatic carbocycles. The van der Waals surface area contributed by atoms with Gasteiger partial charge in [0.05, 0.1) is 30.5 Å². The van der Waals surface area contributed by atoms with Crippen LogP contribution in [0.4, 0.5) is 0 Å². The fourth-order valence-electron chi connectivity index (χ4n) is 8.26. The van der Waals surface area contributed by atoms with E-state index in [1.54, 1.807) is 0 Å². The molecule has 5 rings (SSSR count). The molecule has 0 radical (unpaired) electrons. The highest BCUT2D eigenvalue weighted by Crippen LogP contribution is 2.67. The summed E-state index contributed by atoms with van der Waals surface area (Å²) in [6.07, 6.45) is 3.84. The van der Waals surface area contributed by atoms with Gasteiger partial charge in [-0.05, 0) is 81.0 Å². The molecule has 0 aromatic rings. The SMILES string of the molecule is CC1(C)O[C@H]2CC[C@]3(C)C4CC[C@@]5(C)C(CC[C@@H]5O)C4C(O)C(O)C3[C@@H]2O1. The zero-order chi connectivity index (χ0) is 19.4. The molecular weight excluding hydrogens is 344 g/mol. The zero-order valence-electron chi connectivity index (χ0n) is 17.1. The Kier molecular flexibility index (Phi) is 3.96. The summed E-state index contributed by atoms with van der Waals surface area (Å²) < 4.78 is 12.4. The van der Waals surface area contributed by atoms with E-state index in [1.165, 1.54) is 0 Å². The highest BCUT2D eigenvalue weighted by molar-refractivity contribution is 5.16. The van der Waals surface area contributed by atoms with Crippen LogP contribution in [-0.4, -0.2) is 51.6 Å². The average molecular weight is 381 g/mol. The molecule has 5 heteroatoms. The molecule has 4 saturated carbocycles. The summed E-state index contributed by atoms with van der Waals surface area (Å²) in [5.41, 5.74) is -0.166. The normalized spacial score (nSPS) is 61.7. The van der Waals surface area contributed by atoms with Crippen LogP contribution in [0.3, 0.4) is 0 Å². The van der Waals surface area contributed by atoms with Crippen molar-refractivity contribution < 1.29 is 24.8 Å². The smallest absolute Gasteiger partial charge is 0.163 e. The van der Waals surface area contributed by atoms with Crippen molar-refractivity contribution in [2.24, 2.45) is 34.5 Å². The van der Waals surface area contributed by atoms with Crippen LogP contribution in [0, 0.1) is 34.5 Å². The minimum atomic E-state index is -0.790. The first-order chi connectivity index (χ1) is 12.6. The second-order valence-electron chi connectivity index (χ2n) is 11.1. The van der Waals surface area contributed by atoms with Gasteiger partial charge in [-0.2, -0.15) is 0 Å². The Morgan fingerprint density at radius 2 is 1.41 bits per heavy atom. The van der Waals surface area contributed by atoms with Crippen molar-refractivity contribution in [2.45, 2.75) is 103 Å². The van der Waals surface area contributed by atoms with Crippen molar-refractivity contribution in [3.63, 3.8) is 0 Å². The second kappa shape index (κ2) is 5.69. The first kappa shape index (κ1) is 18.8. The molecule has 11 atom stereocenters. The lowest BCUT2D eigenvalue weighted by molar-refractivity contribution is -0.244. The van der Waals surface area contributed by atoms with Crippen LogP contribution in [0.5, 0.6) is 0 Å². The van der Waals surface area contributed by atoms with Gasteiger partial charge < -0.3 is 24.8 Å². The lowest BCUT2D eigenvalue weighted by atomic mass is 9.43. The fourth-order valence-corrected chi connectivity index (χ4v) is 8.26. The van der Waals surface area contributed by atoms with Crippen molar-refractivity contribution in [1.82, 2.24) is 0 Å². The minimum Gasteiger partial charge on any atom is -0.393 e. The first-order valence-corrected chi connectivity index (χ1v) is 11.0. The number of rotatable bonds is 0. The maximum Gasteiger partial charge on any atom is 0.163 e. The standard InChI is InChI=1S/C22H36O5/c1-20(2)26-13-8-10-22(4)12-7-9-21(3)11(5-6-14(21)23)15(12)17(24)18(25)16(22)19(13)27-20/h11-19,23-25H,5-10H2,1-4H3/t11?,12?,13-,14-,15?,16?,17?,18?,19+,21-,22+/m0/s1. The lowest BCUT2D eigenvalue weighted by Gasteiger charge is -2.64. The third-order valence-corrected chi connectivity index (χ3v) is 9.55. The summed E-state index contributed by atoms with van der Waals surface area (Å²) in [5, 5.41) is 33.2. The van der Waals surface area contributed by atoms with E-state index in [4.69, 9.17) is 9.47 Å². The molecule has 4 aliphatic carbocycles. The molecule has 1 heterocycles. The Morgan fingerprint density at radius 1 is 0.741 bits per heavy atom. The van der Waals surface area contributed by atoms with Crippen LogP contribution >= 0.6 is 0 Å². The summed E-state index contributed by atoms with van der Waals surface area (Å²) in [7, 11) is 0. The Morgan fingerprint density at radius 3 is 2.15 bits per heavy atom. The monoisotopic (exact) mass is 380 g/mol. The van der Waals surface area contributed by atoms with Crippen LogP contribution < -0.4 is 0 Å². The molecule has 0 aromatic heterocycles. The minimum absolute atomic E-state index is 0.0126. The third kappa shape index (κ3) is 2.35. The predicted octanol–water partition coefficient (Wildman–Crippen LogP) is 2.46. The van der Waals surface area contributed by atoms with Gasteiger partial charge in [-0.1, -0.05) is 13.8 Å². The molecular formula is C22H36O5. The van der Waals surface area contributed by atoms with Crippen molar-refractivity contribution in [3.05, 3.63) is 0 Å². The Bertz CT molecular complexity index is 622. The molecule has 0 bridgehead atoms. The Labute approximate surface area is 162 Å². The molecule has 154 valence electrons. The van der Waals surface area contributed by atoms with Crippen LogP contribution in [0.1, 0.15) is 66.2 Å². The van der Waals surface area contributed by atoms with Gasteiger partial charge in [0.2, 0.25) is 0 Å². The van der Waals surface area contributed by atoms with Crippen LogP contribution in [-0.2, 0) is 9.47 Å². The second-order valence-corrected chi connectivity index (χ2v) is 11.1. The molecule has 1 saturated heterocycles. The number of aliphatic hydroxyl groups excluding tert-OH is 3. The van der Waals surface area contributed by atoms with Gasteiger partial charge in [0.25, 0.3) is 0 Å². The van der Waals surface area contributed by atoms with E-state index in [0.717, 1.165) is 38.5 Å². The van der Waals surface area contributed by atoms with Crippen molar-refractivity contribution >= 4 is 0 Å². The lowest BCUT2D eigenvalue weighted by Crippen LogP contribution is -2.67. The number of fused-ring (bicyclic) bond motifs is 7. The number of hydrogen-bond donors (Lipinski definition) is 3. The molecule has 6 unspecified atom stereocenters. The quantitative estimate of drug-likeness (QED) is 0.602. The van der Waals surface area contributed by atoms with Gasteiger partial charge in [0, 0.05) is 5.92 Å². The highest BCUT2D eigenvalue weighted by Gasteiger charge is 2.68. The van der Waals surface area contributed by atoms with Crippen LogP contribution in [0.25, 0.3) is 0 Å². The Balaban J connectivity index is 1.53. The zero-order valence-corrected chi connectivity index (χ0v) is 17.1. The van der Waals surface area contributed by atoms with Gasteiger partial charge in [0.1, 0.15) is 0 Å². The number of aliphatic hydroxyl groups is 3. The van der Waals surface area contributed by atoms with E-state index in [2.05, 4.69) is 13.8 Å². The summed E-state index contributed by atoms with van der Waals surface area (Å²) in [5.74, 6) is 0.0260. The topological polar surface area (TPSA) is 79.2 Å². The van der Waals surface area contributed by atoms with Crippen LogP contribution in [0.2, 0.25) is 0 Å². The number of hydrogen-bond acceptors (Lipinski definition) is 5. The first-order valence-electron chi connectivity index (χ1n) is 11.0. The Hall–Kier alpha value is -0.200. The molecule has 5 aliphatic rings.